The van der Waals surface area contributed by atoms with Crippen LogP contribution >= 0.6 is 0 Å². The lowest BCUT2D eigenvalue weighted by molar-refractivity contribution is 0.617. The highest BCUT2D eigenvalue weighted by Crippen LogP contribution is 2.11. The summed E-state index contributed by atoms with van der Waals surface area (Å²) in [7, 11) is 0. The Kier molecular flexibility index (Phi) is 4.33. The van der Waals surface area contributed by atoms with Gasteiger partial charge in [-0.3, -0.25) is 0 Å². The van der Waals surface area contributed by atoms with Crippen molar-refractivity contribution in [1.29, 1.82) is 0 Å². The lowest BCUT2D eigenvalue weighted by Crippen LogP contribution is -2.22. The second kappa shape index (κ2) is 6.17. The van der Waals surface area contributed by atoms with Gasteiger partial charge in [-0.05, 0) is 20.8 Å². The molecule has 0 aliphatic heterocycles. The third-order valence-electron chi connectivity index (χ3n) is 2.63. The van der Waals surface area contributed by atoms with E-state index in [1.54, 1.807) is 6.20 Å². The van der Waals surface area contributed by atoms with Crippen molar-refractivity contribution < 1.29 is 0 Å². The molecule has 2 aromatic heterocycles. The van der Waals surface area contributed by atoms with E-state index >= 15 is 0 Å². The summed E-state index contributed by atoms with van der Waals surface area (Å²) >= 11 is 0. The number of aryl methyl sites for hydroxylation is 1. The maximum absolute atomic E-state index is 4.43. The van der Waals surface area contributed by atoms with Crippen LogP contribution in [0.2, 0.25) is 0 Å². The van der Waals surface area contributed by atoms with Crippen molar-refractivity contribution >= 4 is 11.8 Å². The lowest BCUT2D eigenvalue weighted by atomic mass is 10.3. The Morgan fingerprint density at radius 2 is 2.21 bits per heavy atom. The van der Waals surface area contributed by atoms with Crippen LogP contribution in [0.5, 0.6) is 0 Å². The summed E-state index contributed by atoms with van der Waals surface area (Å²) in [6, 6.07) is 2.21. The Morgan fingerprint density at radius 3 is 2.89 bits per heavy atom. The van der Waals surface area contributed by atoms with E-state index in [1.165, 1.54) is 0 Å². The third-order valence-corrected chi connectivity index (χ3v) is 2.63. The maximum atomic E-state index is 4.43. The summed E-state index contributed by atoms with van der Waals surface area (Å²) in [4.78, 5) is 12.8. The molecule has 0 amide bonds. The molecule has 0 spiro atoms. The minimum Gasteiger partial charge on any atom is -0.366 e. The SMILES string of the molecule is CCNc1nc(C)cc(NC(C)Cn2ccnc2)n1. The summed E-state index contributed by atoms with van der Waals surface area (Å²) in [5.41, 5.74) is 0.947. The van der Waals surface area contributed by atoms with Gasteiger partial charge in [-0.1, -0.05) is 0 Å². The van der Waals surface area contributed by atoms with Gasteiger partial charge in [-0.2, -0.15) is 4.98 Å². The molecule has 0 saturated heterocycles. The van der Waals surface area contributed by atoms with E-state index in [9.17, 15) is 0 Å². The number of imidazole rings is 1. The van der Waals surface area contributed by atoms with E-state index in [2.05, 4.69) is 32.5 Å². The largest absolute Gasteiger partial charge is 0.366 e. The minimum absolute atomic E-state index is 0.262. The Labute approximate surface area is 113 Å². The number of hydrogen-bond acceptors (Lipinski definition) is 5. The van der Waals surface area contributed by atoms with E-state index in [4.69, 9.17) is 0 Å². The van der Waals surface area contributed by atoms with Gasteiger partial charge in [-0.25, -0.2) is 9.97 Å². The molecule has 1 atom stereocenters. The van der Waals surface area contributed by atoms with Gasteiger partial charge in [0.15, 0.2) is 0 Å². The van der Waals surface area contributed by atoms with Crippen LogP contribution < -0.4 is 10.6 Å². The Bertz CT molecular complexity index is 508. The summed E-state index contributed by atoms with van der Waals surface area (Å²) in [5, 5.41) is 6.51. The first-order valence-corrected chi connectivity index (χ1v) is 6.49. The molecular weight excluding hydrogens is 240 g/mol. The zero-order valence-electron chi connectivity index (χ0n) is 11.6. The Balaban J connectivity index is 2.01. The average Bonchev–Trinajstić information content (AvgIpc) is 2.81. The van der Waals surface area contributed by atoms with Gasteiger partial charge >= 0.3 is 0 Å². The number of aromatic nitrogens is 4. The first-order chi connectivity index (χ1) is 9.17. The van der Waals surface area contributed by atoms with Crippen LogP contribution in [0.3, 0.4) is 0 Å². The van der Waals surface area contributed by atoms with E-state index in [0.29, 0.717) is 5.95 Å². The molecule has 0 aromatic carbocycles. The third kappa shape index (κ3) is 3.94. The molecule has 2 rings (SSSR count). The van der Waals surface area contributed by atoms with Crippen LogP contribution in [-0.2, 0) is 6.54 Å². The zero-order valence-corrected chi connectivity index (χ0v) is 11.6. The van der Waals surface area contributed by atoms with Crippen molar-refractivity contribution in [2.24, 2.45) is 0 Å². The molecule has 6 nitrogen and oxygen atoms in total. The lowest BCUT2D eigenvalue weighted by Gasteiger charge is -2.16. The molecule has 0 radical (unpaired) electrons. The number of nitrogens with zero attached hydrogens (tertiary/aromatic N) is 4. The molecule has 0 bridgehead atoms. The summed E-state index contributed by atoms with van der Waals surface area (Å²) in [6.45, 7) is 7.77. The summed E-state index contributed by atoms with van der Waals surface area (Å²) in [6.07, 6.45) is 5.55. The van der Waals surface area contributed by atoms with Crippen LogP contribution in [0.1, 0.15) is 19.5 Å². The summed E-state index contributed by atoms with van der Waals surface area (Å²) in [5.74, 6) is 1.51. The van der Waals surface area contributed by atoms with E-state index in [-0.39, 0.29) is 6.04 Å². The topological polar surface area (TPSA) is 67.7 Å². The molecule has 0 aliphatic carbocycles. The Hall–Kier alpha value is -2.11. The molecule has 0 aliphatic rings. The molecule has 6 heteroatoms. The van der Waals surface area contributed by atoms with Crippen LogP contribution in [0, 0.1) is 6.92 Å². The smallest absolute Gasteiger partial charge is 0.224 e. The highest BCUT2D eigenvalue weighted by molar-refractivity contribution is 5.42. The van der Waals surface area contributed by atoms with Crippen molar-refractivity contribution in [3.05, 3.63) is 30.5 Å². The fraction of sp³-hybridized carbons (Fsp3) is 0.462. The van der Waals surface area contributed by atoms with Crippen LogP contribution in [0.15, 0.2) is 24.8 Å². The van der Waals surface area contributed by atoms with Crippen LogP contribution in [0.25, 0.3) is 0 Å². The second-order valence-corrected chi connectivity index (χ2v) is 4.55. The number of rotatable bonds is 6. The van der Waals surface area contributed by atoms with Gasteiger partial charge in [-0.15, -0.1) is 0 Å². The molecule has 2 heterocycles. The number of nitrogens with one attached hydrogen (secondary N) is 2. The van der Waals surface area contributed by atoms with Gasteiger partial charge in [0.2, 0.25) is 5.95 Å². The number of anilines is 2. The highest BCUT2D eigenvalue weighted by Gasteiger charge is 2.06. The second-order valence-electron chi connectivity index (χ2n) is 4.55. The van der Waals surface area contributed by atoms with Crippen molar-refractivity contribution in [2.75, 3.05) is 17.2 Å². The standard InChI is InChI=1S/C13H20N6/c1-4-15-13-17-10(2)7-12(18-13)16-11(3)8-19-6-5-14-9-19/h5-7,9,11H,4,8H2,1-3H3,(H2,15,16,17,18). The minimum atomic E-state index is 0.262. The zero-order chi connectivity index (χ0) is 13.7. The van der Waals surface area contributed by atoms with Gasteiger partial charge in [0, 0.05) is 43.3 Å². The van der Waals surface area contributed by atoms with Crippen molar-refractivity contribution in [1.82, 2.24) is 19.5 Å². The van der Waals surface area contributed by atoms with E-state index < -0.39 is 0 Å². The Morgan fingerprint density at radius 1 is 1.37 bits per heavy atom. The monoisotopic (exact) mass is 260 g/mol. The number of hydrogen-bond donors (Lipinski definition) is 2. The molecule has 2 aromatic rings. The molecule has 0 fully saturated rings. The fourth-order valence-electron chi connectivity index (χ4n) is 1.89. The highest BCUT2D eigenvalue weighted by atomic mass is 15.2. The van der Waals surface area contributed by atoms with Crippen molar-refractivity contribution in [3.63, 3.8) is 0 Å². The molecule has 2 N–H and O–H groups in total. The van der Waals surface area contributed by atoms with E-state index in [0.717, 1.165) is 24.6 Å². The van der Waals surface area contributed by atoms with E-state index in [1.807, 2.05) is 37.0 Å². The predicted octanol–water partition coefficient (Wildman–Crippen LogP) is 1.91. The maximum Gasteiger partial charge on any atom is 0.224 e. The van der Waals surface area contributed by atoms with Crippen molar-refractivity contribution in [2.45, 2.75) is 33.4 Å². The molecule has 19 heavy (non-hydrogen) atoms. The van der Waals surface area contributed by atoms with Crippen molar-refractivity contribution in [3.8, 4) is 0 Å². The van der Waals surface area contributed by atoms with Crippen LogP contribution in [-0.4, -0.2) is 32.1 Å². The quantitative estimate of drug-likeness (QED) is 0.830. The van der Waals surface area contributed by atoms with Crippen LogP contribution in [0.4, 0.5) is 11.8 Å². The molecule has 102 valence electrons. The molecule has 0 saturated carbocycles. The van der Waals surface area contributed by atoms with Gasteiger partial charge in [0.25, 0.3) is 0 Å². The van der Waals surface area contributed by atoms with Gasteiger partial charge in [0.1, 0.15) is 5.82 Å². The average molecular weight is 260 g/mol. The van der Waals surface area contributed by atoms with Gasteiger partial charge in [0.05, 0.1) is 6.33 Å². The molecule has 1 unspecified atom stereocenters. The van der Waals surface area contributed by atoms with Gasteiger partial charge < -0.3 is 15.2 Å². The molecular formula is C13H20N6. The first kappa shape index (κ1) is 13.3. The normalized spacial score (nSPS) is 12.2. The first-order valence-electron chi connectivity index (χ1n) is 6.49. The predicted molar refractivity (Wildman–Crippen MR) is 76.2 cm³/mol. The fourth-order valence-corrected chi connectivity index (χ4v) is 1.89. The summed E-state index contributed by atoms with van der Waals surface area (Å²) < 4.78 is 2.04.